The van der Waals surface area contributed by atoms with Gasteiger partial charge < -0.3 is 15.4 Å². The van der Waals surface area contributed by atoms with Crippen LogP contribution in [0.1, 0.15) is 39.2 Å². The van der Waals surface area contributed by atoms with Crippen molar-refractivity contribution in [1.82, 2.24) is 10.6 Å². The summed E-state index contributed by atoms with van der Waals surface area (Å²) in [5.41, 5.74) is 0.956. The summed E-state index contributed by atoms with van der Waals surface area (Å²) in [7, 11) is 0. The first-order valence-electron chi connectivity index (χ1n) is 7.44. The van der Waals surface area contributed by atoms with Gasteiger partial charge in [0, 0.05) is 29.7 Å². The van der Waals surface area contributed by atoms with Gasteiger partial charge in [-0.15, -0.1) is 0 Å². The van der Waals surface area contributed by atoms with Crippen molar-refractivity contribution in [1.29, 1.82) is 0 Å². The Morgan fingerprint density at radius 1 is 1.38 bits per heavy atom. The van der Waals surface area contributed by atoms with Crippen LogP contribution in [0.4, 0.5) is 0 Å². The Kier molecular flexibility index (Phi) is 8.16. The molecule has 2 N–H and O–H groups in total. The Morgan fingerprint density at radius 3 is 2.81 bits per heavy atom. The van der Waals surface area contributed by atoms with Gasteiger partial charge in [0.1, 0.15) is 5.75 Å². The Morgan fingerprint density at radius 2 is 2.14 bits per heavy atom. The highest BCUT2D eigenvalue weighted by Gasteiger charge is 2.08. The molecule has 0 aliphatic carbocycles. The Hall–Kier alpha value is -1.26. The van der Waals surface area contributed by atoms with E-state index in [2.05, 4.69) is 31.4 Å². The number of rotatable bonds is 9. The van der Waals surface area contributed by atoms with Crippen LogP contribution < -0.4 is 15.4 Å². The average Bonchev–Trinajstić information content (AvgIpc) is 2.44. The highest BCUT2D eigenvalue weighted by Crippen LogP contribution is 2.23. The zero-order chi connectivity index (χ0) is 15.7. The minimum Gasteiger partial charge on any atom is -0.483 e. The number of halogens is 1. The van der Waals surface area contributed by atoms with Gasteiger partial charge in [0.15, 0.2) is 6.61 Å². The summed E-state index contributed by atoms with van der Waals surface area (Å²) in [5.74, 6) is 0.597. The van der Waals surface area contributed by atoms with E-state index in [9.17, 15) is 4.79 Å². The van der Waals surface area contributed by atoms with Gasteiger partial charge in [-0.3, -0.25) is 4.79 Å². The molecule has 1 amide bonds. The fraction of sp³-hybridized carbons (Fsp3) is 0.562. The van der Waals surface area contributed by atoms with Gasteiger partial charge in [0.05, 0.1) is 0 Å². The van der Waals surface area contributed by atoms with E-state index in [4.69, 9.17) is 16.3 Å². The number of nitrogens with one attached hydrogen (secondary N) is 2. The Labute approximate surface area is 132 Å². The zero-order valence-electron chi connectivity index (χ0n) is 13.0. The molecular weight excluding hydrogens is 288 g/mol. The molecule has 0 unspecified atom stereocenters. The van der Waals surface area contributed by atoms with Gasteiger partial charge in [-0.25, -0.2) is 0 Å². The fourth-order valence-electron chi connectivity index (χ4n) is 1.74. The van der Waals surface area contributed by atoms with E-state index < -0.39 is 0 Å². The molecule has 0 saturated heterocycles. The van der Waals surface area contributed by atoms with Crippen LogP contribution in [0.3, 0.4) is 0 Å². The molecule has 118 valence electrons. The molecule has 0 heterocycles. The van der Waals surface area contributed by atoms with Crippen molar-refractivity contribution in [2.45, 2.75) is 46.2 Å². The maximum absolute atomic E-state index is 11.7. The van der Waals surface area contributed by atoms with Crippen molar-refractivity contribution in [3.8, 4) is 5.75 Å². The highest BCUT2D eigenvalue weighted by molar-refractivity contribution is 6.30. The van der Waals surface area contributed by atoms with E-state index in [0.717, 1.165) is 18.4 Å². The molecule has 1 aromatic rings. The second-order valence-corrected chi connectivity index (χ2v) is 5.72. The van der Waals surface area contributed by atoms with Crippen LogP contribution in [0.2, 0.25) is 5.02 Å². The Balaban J connectivity index is 2.55. The van der Waals surface area contributed by atoms with Gasteiger partial charge in [-0.05, 0) is 24.6 Å². The first kappa shape index (κ1) is 17.8. The molecular formula is C16H25ClN2O2. The van der Waals surface area contributed by atoms with Gasteiger partial charge >= 0.3 is 0 Å². The monoisotopic (exact) mass is 312 g/mol. The lowest BCUT2D eigenvalue weighted by Gasteiger charge is -2.14. The van der Waals surface area contributed by atoms with Gasteiger partial charge in [-0.1, -0.05) is 38.8 Å². The maximum atomic E-state index is 11.7. The minimum absolute atomic E-state index is 0.0278. The first-order chi connectivity index (χ1) is 10.0. The lowest BCUT2D eigenvalue weighted by atomic mass is 10.2. The number of amides is 1. The van der Waals surface area contributed by atoms with Crippen molar-refractivity contribution in [2.75, 3.05) is 13.2 Å². The summed E-state index contributed by atoms with van der Waals surface area (Å²) in [6.07, 6.45) is 2.04. The average molecular weight is 313 g/mol. The standard InChI is InChI=1S/C16H25ClN2O2/c1-4-5-8-18-16(20)11-21-15-7-6-14(17)9-13(15)10-19-12(2)3/h6-7,9,12,19H,4-5,8,10-11H2,1-3H3,(H,18,20). The van der Waals surface area contributed by atoms with Crippen LogP contribution in [-0.2, 0) is 11.3 Å². The van der Waals surface area contributed by atoms with E-state index in [1.54, 1.807) is 12.1 Å². The minimum atomic E-state index is -0.0961. The number of unbranched alkanes of at least 4 members (excludes halogenated alkanes) is 1. The number of benzene rings is 1. The lowest BCUT2D eigenvalue weighted by molar-refractivity contribution is -0.123. The third-order valence-corrected chi connectivity index (χ3v) is 3.17. The summed E-state index contributed by atoms with van der Waals surface area (Å²) in [6.45, 7) is 7.62. The lowest BCUT2D eigenvalue weighted by Crippen LogP contribution is -2.30. The van der Waals surface area contributed by atoms with Crippen molar-refractivity contribution < 1.29 is 9.53 Å². The molecule has 0 aliphatic heterocycles. The first-order valence-corrected chi connectivity index (χ1v) is 7.82. The topological polar surface area (TPSA) is 50.4 Å². The second-order valence-electron chi connectivity index (χ2n) is 5.28. The largest absolute Gasteiger partial charge is 0.483 e. The molecule has 0 atom stereocenters. The molecule has 4 nitrogen and oxygen atoms in total. The molecule has 0 radical (unpaired) electrons. The number of hydrogen-bond donors (Lipinski definition) is 2. The van der Waals surface area contributed by atoms with Crippen LogP contribution in [-0.4, -0.2) is 25.1 Å². The SMILES string of the molecule is CCCCNC(=O)COc1ccc(Cl)cc1CNC(C)C. The number of ether oxygens (including phenoxy) is 1. The van der Waals surface area contributed by atoms with Crippen LogP contribution >= 0.6 is 11.6 Å². The van der Waals surface area contributed by atoms with Crippen LogP contribution in [0, 0.1) is 0 Å². The normalized spacial score (nSPS) is 10.7. The molecule has 21 heavy (non-hydrogen) atoms. The van der Waals surface area contributed by atoms with Crippen LogP contribution in [0.25, 0.3) is 0 Å². The number of hydrogen-bond acceptors (Lipinski definition) is 3. The van der Waals surface area contributed by atoms with Crippen molar-refractivity contribution in [3.63, 3.8) is 0 Å². The summed E-state index contributed by atoms with van der Waals surface area (Å²) in [5, 5.41) is 6.81. The van der Waals surface area contributed by atoms with Gasteiger partial charge in [-0.2, -0.15) is 0 Å². The van der Waals surface area contributed by atoms with Gasteiger partial charge in [0.25, 0.3) is 5.91 Å². The molecule has 0 saturated carbocycles. The molecule has 1 rings (SSSR count). The number of carbonyl (C=O) groups excluding carboxylic acids is 1. The zero-order valence-corrected chi connectivity index (χ0v) is 13.8. The smallest absolute Gasteiger partial charge is 0.257 e. The van der Waals surface area contributed by atoms with Crippen LogP contribution in [0.15, 0.2) is 18.2 Å². The van der Waals surface area contributed by atoms with Crippen LogP contribution in [0.5, 0.6) is 5.75 Å². The number of carbonyl (C=O) groups is 1. The molecule has 0 spiro atoms. The highest BCUT2D eigenvalue weighted by atomic mass is 35.5. The van der Waals surface area contributed by atoms with Crippen molar-refractivity contribution in [2.24, 2.45) is 0 Å². The summed E-state index contributed by atoms with van der Waals surface area (Å²) in [6, 6.07) is 5.81. The predicted octanol–water partition coefficient (Wildman–Crippen LogP) is 3.13. The van der Waals surface area contributed by atoms with E-state index in [1.807, 2.05) is 6.07 Å². The van der Waals surface area contributed by atoms with Crippen molar-refractivity contribution >= 4 is 17.5 Å². The van der Waals surface area contributed by atoms with E-state index in [1.165, 1.54) is 0 Å². The third kappa shape index (κ3) is 7.34. The van der Waals surface area contributed by atoms with E-state index in [-0.39, 0.29) is 12.5 Å². The van der Waals surface area contributed by atoms with Crippen molar-refractivity contribution in [3.05, 3.63) is 28.8 Å². The molecule has 0 fully saturated rings. The molecule has 0 aliphatic rings. The quantitative estimate of drug-likeness (QED) is 0.689. The third-order valence-electron chi connectivity index (χ3n) is 2.93. The predicted molar refractivity (Wildman–Crippen MR) is 86.8 cm³/mol. The molecule has 5 heteroatoms. The summed E-state index contributed by atoms with van der Waals surface area (Å²) in [4.78, 5) is 11.7. The van der Waals surface area contributed by atoms with E-state index in [0.29, 0.717) is 29.9 Å². The fourth-order valence-corrected chi connectivity index (χ4v) is 1.93. The van der Waals surface area contributed by atoms with Gasteiger partial charge in [0.2, 0.25) is 0 Å². The second kappa shape index (κ2) is 9.64. The summed E-state index contributed by atoms with van der Waals surface area (Å²) >= 11 is 6.02. The molecule has 0 aromatic heterocycles. The molecule has 0 bridgehead atoms. The molecule has 1 aromatic carbocycles. The maximum Gasteiger partial charge on any atom is 0.257 e. The van der Waals surface area contributed by atoms with E-state index >= 15 is 0 Å². The Bertz CT molecular complexity index is 450. The summed E-state index contributed by atoms with van der Waals surface area (Å²) < 4.78 is 5.61.